The summed E-state index contributed by atoms with van der Waals surface area (Å²) in [6, 6.07) is 1.34. The number of benzene rings is 1. The van der Waals surface area contributed by atoms with Crippen LogP contribution in [0.5, 0.6) is 5.75 Å². The number of carbonyl (C=O) groups is 5. The van der Waals surface area contributed by atoms with Crippen molar-refractivity contribution in [3.63, 3.8) is 0 Å². The molecule has 0 aromatic heterocycles. The Labute approximate surface area is 176 Å². The van der Waals surface area contributed by atoms with Gasteiger partial charge in [0.05, 0.1) is 23.7 Å². The van der Waals surface area contributed by atoms with E-state index in [4.69, 9.17) is 10.5 Å². The molecule has 0 fully saturated rings. The zero-order chi connectivity index (χ0) is 23.0. The first-order valence-electron chi connectivity index (χ1n) is 9.52. The number of ketones is 4. The van der Waals surface area contributed by atoms with E-state index in [0.717, 1.165) is 6.08 Å². The van der Waals surface area contributed by atoms with Crippen LogP contribution >= 0.6 is 0 Å². The monoisotopic (exact) mass is 425 g/mol. The van der Waals surface area contributed by atoms with E-state index in [2.05, 4.69) is 0 Å². The molecule has 0 saturated carbocycles. The summed E-state index contributed by atoms with van der Waals surface area (Å²) in [5.41, 5.74) is 2.50. The number of primary amides is 1. The highest BCUT2D eigenvalue weighted by Gasteiger charge is 2.58. The Bertz CT molecular complexity index is 1200. The van der Waals surface area contributed by atoms with Gasteiger partial charge in [-0.1, -0.05) is 6.92 Å². The Morgan fingerprint density at radius 1 is 1.19 bits per heavy atom. The van der Waals surface area contributed by atoms with Gasteiger partial charge in [-0.25, -0.2) is 0 Å². The van der Waals surface area contributed by atoms with Gasteiger partial charge in [-0.3, -0.25) is 24.0 Å². The van der Waals surface area contributed by atoms with Crippen LogP contribution in [0.25, 0.3) is 0 Å². The largest absolute Gasteiger partial charge is 0.510 e. The second-order valence-corrected chi connectivity index (χ2v) is 8.17. The fourth-order valence-electron chi connectivity index (χ4n) is 4.96. The second-order valence-electron chi connectivity index (χ2n) is 8.17. The van der Waals surface area contributed by atoms with E-state index in [9.17, 15) is 34.2 Å². The van der Waals surface area contributed by atoms with Crippen LogP contribution in [0.1, 0.15) is 50.5 Å². The molecule has 9 heteroatoms. The minimum Gasteiger partial charge on any atom is -0.510 e. The number of methoxy groups -OCH3 is 1. The van der Waals surface area contributed by atoms with Crippen molar-refractivity contribution >= 4 is 29.0 Å². The summed E-state index contributed by atoms with van der Waals surface area (Å²) >= 11 is 0. The molecule has 31 heavy (non-hydrogen) atoms. The molecular formula is C22H19NO8. The minimum atomic E-state index is -1.72. The van der Waals surface area contributed by atoms with Crippen molar-refractivity contribution in [3.05, 3.63) is 51.5 Å². The fourth-order valence-corrected chi connectivity index (χ4v) is 4.96. The molecule has 0 saturated heterocycles. The molecule has 3 atom stereocenters. The number of fused-ring (bicyclic) bond motifs is 3. The molecule has 0 aliphatic heterocycles. The van der Waals surface area contributed by atoms with Crippen molar-refractivity contribution in [3.8, 4) is 5.75 Å². The van der Waals surface area contributed by atoms with Gasteiger partial charge in [-0.2, -0.15) is 0 Å². The van der Waals surface area contributed by atoms with E-state index in [1.807, 2.05) is 0 Å². The third kappa shape index (κ3) is 2.40. The number of hydrogen-bond acceptors (Lipinski definition) is 8. The summed E-state index contributed by atoms with van der Waals surface area (Å²) in [7, 11) is 1.23. The molecule has 3 aliphatic carbocycles. The van der Waals surface area contributed by atoms with Crippen LogP contribution < -0.4 is 5.73 Å². The average molecular weight is 425 g/mol. The van der Waals surface area contributed by atoms with Gasteiger partial charge in [0, 0.05) is 17.6 Å². The van der Waals surface area contributed by atoms with Gasteiger partial charge >= 0.3 is 0 Å². The first-order valence-corrected chi connectivity index (χ1v) is 9.52. The van der Waals surface area contributed by atoms with Crippen LogP contribution in [0.15, 0.2) is 29.2 Å². The summed E-state index contributed by atoms with van der Waals surface area (Å²) in [4.78, 5) is 63.2. The lowest BCUT2D eigenvalue weighted by atomic mass is 9.55. The maximum atomic E-state index is 13.6. The third-order valence-electron chi connectivity index (χ3n) is 6.70. The van der Waals surface area contributed by atoms with Crippen molar-refractivity contribution in [1.82, 2.24) is 0 Å². The van der Waals surface area contributed by atoms with Gasteiger partial charge in [0.25, 0.3) is 5.91 Å². The lowest BCUT2D eigenvalue weighted by Crippen LogP contribution is -2.53. The number of Topliss-reactive ketones (excluding diaryl/α,β-unsaturated/α-hetero) is 3. The molecule has 1 aromatic carbocycles. The van der Waals surface area contributed by atoms with Crippen molar-refractivity contribution in [2.45, 2.75) is 20.3 Å². The SMILES string of the molecule is COC1=CC(=O)c2c(cc3c(c2O)C(=O)C2(C)C(O)=C(C(N)=O)C(=O)C(C)C2C3)C1=O. The number of phenolic OH excluding ortho intramolecular Hbond substituents is 1. The quantitative estimate of drug-likeness (QED) is 0.595. The predicted molar refractivity (Wildman–Crippen MR) is 105 cm³/mol. The Morgan fingerprint density at radius 3 is 2.42 bits per heavy atom. The molecule has 0 spiro atoms. The van der Waals surface area contributed by atoms with E-state index >= 15 is 0 Å². The second kappa shape index (κ2) is 6.37. The highest BCUT2D eigenvalue weighted by Crippen LogP contribution is 2.54. The van der Waals surface area contributed by atoms with Gasteiger partial charge in [-0.05, 0) is 30.9 Å². The van der Waals surface area contributed by atoms with Crippen LogP contribution in [-0.4, -0.2) is 46.4 Å². The van der Waals surface area contributed by atoms with Crippen LogP contribution in [0.4, 0.5) is 0 Å². The van der Waals surface area contributed by atoms with Crippen molar-refractivity contribution in [2.24, 2.45) is 23.0 Å². The van der Waals surface area contributed by atoms with Crippen LogP contribution in [0.2, 0.25) is 0 Å². The first-order chi connectivity index (χ1) is 14.5. The molecule has 1 aromatic rings. The highest BCUT2D eigenvalue weighted by atomic mass is 16.5. The molecule has 3 unspecified atom stereocenters. The van der Waals surface area contributed by atoms with Crippen molar-refractivity contribution < 1.29 is 38.9 Å². The third-order valence-corrected chi connectivity index (χ3v) is 6.70. The maximum absolute atomic E-state index is 13.6. The molecule has 1 amide bonds. The number of rotatable bonds is 2. The normalized spacial score (nSPS) is 27.4. The Balaban J connectivity index is 2.00. The predicted octanol–water partition coefficient (Wildman–Crippen LogP) is 1.18. The zero-order valence-electron chi connectivity index (χ0n) is 16.9. The van der Waals surface area contributed by atoms with E-state index in [0.29, 0.717) is 0 Å². The van der Waals surface area contributed by atoms with Gasteiger partial charge < -0.3 is 20.7 Å². The molecule has 4 N–H and O–H groups in total. The molecule has 4 rings (SSSR count). The first kappa shape index (κ1) is 20.5. The number of phenols is 1. The summed E-state index contributed by atoms with van der Waals surface area (Å²) in [6.07, 6.45) is 0.966. The lowest BCUT2D eigenvalue weighted by Gasteiger charge is -2.46. The van der Waals surface area contributed by atoms with Gasteiger partial charge in [0.15, 0.2) is 23.1 Å². The molecule has 0 bridgehead atoms. The zero-order valence-corrected chi connectivity index (χ0v) is 16.9. The number of ether oxygens (including phenoxy) is 1. The highest BCUT2D eigenvalue weighted by molar-refractivity contribution is 6.27. The number of nitrogens with two attached hydrogens (primary N) is 1. The number of aliphatic hydroxyl groups is 1. The van der Waals surface area contributed by atoms with Gasteiger partial charge in [0.1, 0.15) is 17.1 Å². The van der Waals surface area contributed by atoms with E-state index in [1.54, 1.807) is 0 Å². The van der Waals surface area contributed by atoms with Gasteiger partial charge in [-0.15, -0.1) is 0 Å². The average Bonchev–Trinajstić information content (AvgIpc) is 2.70. The fraction of sp³-hybridized carbons (Fsp3) is 0.318. The van der Waals surface area contributed by atoms with Crippen LogP contribution in [-0.2, 0) is 20.7 Å². The molecule has 9 nitrogen and oxygen atoms in total. The van der Waals surface area contributed by atoms with E-state index in [1.165, 1.54) is 27.0 Å². The minimum absolute atomic E-state index is 0.0366. The van der Waals surface area contributed by atoms with Crippen molar-refractivity contribution in [1.29, 1.82) is 0 Å². The molecule has 160 valence electrons. The number of hydrogen-bond donors (Lipinski definition) is 3. The van der Waals surface area contributed by atoms with Crippen LogP contribution in [0, 0.1) is 17.3 Å². The number of allylic oxidation sites excluding steroid dienone is 3. The topological polar surface area (TPSA) is 161 Å². The maximum Gasteiger partial charge on any atom is 0.255 e. The summed E-state index contributed by atoms with van der Waals surface area (Å²) in [5, 5.41) is 21.6. The molecular weight excluding hydrogens is 406 g/mol. The summed E-state index contributed by atoms with van der Waals surface area (Å²) in [5.74, 6) is -7.16. The molecule has 0 radical (unpaired) electrons. The lowest BCUT2D eigenvalue weighted by molar-refractivity contribution is -0.127. The van der Waals surface area contributed by atoms with E-state index < -0.39 is 63.4 Å². The Hall–Kier alpha value is -3.75. The molecule has 3 aliphatic rings. The number of aromatic hydroxyl groups is 1. The standard InChI is InChI=1S/C22H19NO8/c1-7-10-5-8-4-9-14(11(24)6-12(31-3)17(9)26)18(27)13(8)19(28)22(10,2)20(29)15(16(7)25)21(23)30/h4,6-7,10,27,29H,5H2,1-3H3,(H2,23,30). The number of amides is 1. The smallest absolute Gasteiger partial charge is 0.255 e. The summed E-state index contributed by atoms with van der Waals surface area (Å²) < 4.78 is 4.93. The van der Waals surface area contributed by atoms with E-state index in [-0.39, 0.29) is 34.4 Å². The molecule has 0 heterocycles. The Kier molecular flexibility index (Phi) is 4.22. The number of carbonyl (C=O) groups excluding carboxylic acids is 5. The summed E-state index contributed by atoms with van der Waals surface area (Å²) in [6.45, 7) is 2.90. The van der Waals surface area contributed by atoms with Gasteiger partial charge in [0.2, 0.25) is 5.78 Å². The van der Waals surface area contributed by atoms with Crippen LogP contribution in [0.3, 0.4) is 0 Å². The number of aliphatic hydroxyl groups excluding tert-OH is 1. The van der Waals surface area contributed by atoms with Crippen molar-refractivity contribution in [2.75, 3.05) is 7.11 Å². The Morgan fingerprint density at radius 2 is 1.84 bits per heavy atom.